The quantitative estimate of drug-likeness (QED) is 0.234. The highest BCUT2D eigenvalue weighted by Crippen LogP contribution is 2.26. The number of ether oxygens (including phenoxy) is 1. The van der Waals surface area contributed by atoms with Crippen molar-refractivity contribution in [3.05, 3.63) is 97.7 Å². The van der Waals surface area contributed by atoms with Crippen molar-refractivity contribution in [3.8, 4) is 5.75 Å². The molecule has 0 bridgehead atoms. The van der Waals surface area contributed by atoms with E-state index < -0.39 is 0 Å². The summed E-state index contributed by atoms with van der Waals surface area (Å²) in [6.07, 6.45) is 0. The van der Waals surface area contributed by atoms with Crippen molar-refractivity contribution in [2.75, 3.05) is 7.11 Å². The Hall–Kier alpha value is -2.28. The largest absolute Gasteiger partial charge is 0.496 e. The molecular weight excluding hydrogens is 484 g/mol. The van der Waals surface area contributed by atoms with E-state index in [4.69, 9.17) is 21.3 Å². The molecule has 0 saturated heterocycles. The van der Waals surface area contributed by atoms with Crippen molar-refractivity contribution in [2.24, 2.45) is 0 Å². The van der Waals surface area contributed by atoms with Gasteiger partial charge in [-0.3, -0.25) is 9.36 Å². The summed E-state index contributed by atoms with van der Waals surface area (Å²) in [5.41, 5.74) is 2.58. The summed E-state index contributed by atoms with van der Waals surface area (Å²) in [7, 11) is 1.63. The van der Waals surface area contributed by atoms with Gasteiger partial charge < -0.3 is 4.74 Å². The molecule has 1 aromatic heterocycles. The zero-order chi connectivity index (χ0) is 21.1. The second-order valence-corrected chi connectivity index (χ2v) is 8.97. The monoisotopic (exact) mass is 500 g/mol. The number of para-hydroxylation sites is 1. The lowest BCUT2D eigenvalue weighted by atomic mass is 10.2. The van der Waals surface area contributed by atoms with Crippen LogP contribution >= 0.6 is 39.3 Å². The van der Waals surface area contributed by atoms with Crippen LogP contribution in [0.3, 0.4) is 0 Å². The first-order valence-corrected chi connectivity index (χ1v) is 11.4. The van der Waals surface area contributed by atoms with Crippen molar-refractivity contribution < 1.29 is 4.74 Å². The summed E-state index contributed by atoms with van der Waals surface area (Å²) in [5.74, 6) is 1.39. The van der Waals surface area contributed by atoms with Gasteiger partial charge in [0.25, 0.3) is 5.56 Å². The lowest BCUT2D eigenvalue weighted by molar-refractivity contribution is 0.407. The first-order valence-electron chi connectivity index (χ1n) is 9.24. The van der Waals surface area contributed by atoms with E-state index in [2.05, 4.69) is 15.9 Å². The van der Waals surface area contributed by atoms with E-state index in [1.54, 1.807) is 11.7 Å². The number of nitrogens with zero attached hydrogens (tertiary/aromatic N) is 2. The maximum Gasteiger partial charge on any atom is 0.262 e. The number of fused-ring (bicyclic) bond motifs is 1. The lowest BCUT2D eigenvalue weighted by Gasteiger charge is -2.15. The maximum atomic E-state index is 13.4. The van der Waals surface area contributed by atoms with Gasteiger partial charge in [0.1, 0.15) is 5.75 Å². The third-order valence-electron chi connectivity index (χ3n) is 4.66. The molecule has 4 nitrogen and oxygen atoms in total. The number of methoxy groups -OCH3 is 1. The fourth-order valence-electron chi connectivity index (χ4n) is 3.20. The zero-order valence-electron chi connectivity index (χ0n) is 16.1. The topological polar surface area (TPSA) is 44.1 Å². The van der Waals surface area contributed by atoms with Crippen LogP contribution in [0.4, 0.5) is 0 Å². The summed E-state index contributed by atoms with van der Waals surface area (Å²) >= 11 is 11.1. The molecule has 4 rings (SSSR count). The Labute approximate surface area is 192 Å². The molecule has 0 aliphatic carbocycles. The minimum absolute atomic E-state index is 0.0826. The second kappa shape index (κ2) is 9.25. The van der Waals surface area contributed by atoms with Gasteiger partial charge >= 0.3 is 0 Å². The molecule has 0 amide bonds. The molecule has 4 aromatic rings. The van der Waals surface area contributed by atoms with E-state index in [9.17, 15) is 4.79 Å². The fraction of sp³-hybridized carbons (Fsp3) is 0.130. The van der Waals surface area contributed by atoms with Crippen LogP contribution in [0.2, 0.25) is 5.02 Å². The summed E-state index contributed by atoms with van der Waals surface area (Å²) < 4.78 is 8.04. The molecule has 7 heteroatoms. The minimum atomic E-state index is -0.0826. The number of thioether (sulfide) groups is 1. The van der Waals surface area contributed by atoms with Gasteiger partial charge in [0.15, 0.2) is 5.16 Å². The van der Waals surface area contributed by atoms with Crippen LogP contribution in [0, 0.1) is 0 Å². The van der Waals surface area contributed by atoms with Gasteiger partial charge in [-0.1, -0.05) is 69.6 Å². The van der Waals surface area contributed by atoms with Gasteiger partial charge in [-0.25, -0.2) is 4.98 Å². The highest BCUT2D eigenvalue weighted by Gasteiger charge is 2.14. The Kier molecular flexibility index (Phi) is 6.46. The molecule has 0 saturated carbocycles. The summed E-state index contributed by atoms with van der Waals surface area (Å²) in [5, 5.41) is 1.92. The normalized spacial score (nSPS) is 11.0. The van der Waals surface area contributed by atoms with Gasteiger partial charge in [0.2, 0.25) is 0 Å². The number of hydrogen-bond acceptors (Lipinski definition) is 4. The highest BCUT2D eigenvalue weighted by molar-refractivity contribution is 9.10. The maximum absolute atomic E-state index is 13.4. The summed E-state index contributed by atoms with van der Waals surface area (Å²) in [4.78, 5) is 18.2. The predicted octanol–water partition coefficient (Wildman–Crippen LogP) is 6.16. The third kappa shape index (κ3) is 4.56. The van der Waals surface area contributed by atoms with Crippen molar-refractivity contribution in [1.29, 1.82) is 0 Å². The van der Waals surface area contributed by atoms with Crippen LogP contribution in [0.1, 0.15) is 11.1 Å². The van der Waals surface area contributed by atoms with Gasteiger partial charge in [0, 0.05) is 20.8 Å². The third-order valence-corrected chi connectivity index (χ3v) is 6.43. The fourth-order valence-corrected chi connectivity index (χ4v) is 4.72. The van der Waals surface area contributed by atoms with E-state index in [1.807, 2.05) is 66.7 Å². The standard InChI is InChI=1S/C23H18BrClN2O2S/c1-29-21-8-3-2-6-16(21)13-27-22(28)19-12-17(24)9-10-20(19)26-23(27)30-14-15-5-4-7-18(25)11-15/h2-12H,13-14H2,1H3. The average Bonchev–Trinajstić information content (AvgIpc) is 2.75. The number of halogens is 2. The SMILES string of the molecule is COc1ccccc1Cn1c(SCc2cccc(Cl)c2)nc2ccc(Br)cc2c1=O. The summed E-state index contributed by atoms with van der Waals surface area (Å²) in [6.45, 7) is 0.371. The predicted molar refractivity (Wildman–Crippen MR) is 127 cm³/mol. The Morgan fingerprint density at radius 1 is 1.10 bits per heavy atom. The van der Waals surface area contributed by atoms with Crippen LogP contribution in [0.5, 0.6) is 5.75 Å². The molecule has 30 heavy (non-hydrogen) atoms. The van der Waals surface area contributed by atoms with Crippen molar-refractivity contribution in [1.82, 2.24) is 9.55 Å². The number of rotatable bonds is 6. The molecule has 0 atom stereocenters. The molecule has 0 N–H and O–H groups in total. The number of hydrogen-bond donors (Lipinski definition) is 0. The molecule has 3 aromatic carbocycles. The molecule has 152 valence electrons. The van der Waals surface area contributed by atoms with Gasteiger partial charge in [-0.15, -0.1) is 0 Å². The van der Waals surface area contributed by atoms with Crippen molar-refractivity contribution >= 4 is 50.2 Å². The van der Waals surface area contributed by atoms with Gasteiger partial charge in [-0.05, 0) is 42.0 Å². The van der Waals surface area contributed by atoms with Gasteiger partial charge in [0.05, 0.1) is 24.6 Å². The van der Waals surface area contributed by atoms with Crippen LogP contribution in [0.25, 0.3) is 10.9 Å². The number of benzene rings is 3. The highest BCUT2D eigenvalue weighted by atomic mass is 79.9. The van der Waals surface area contributed by atoms with Crippen LogP contribution < -0.4 is 10.3 Å². The van der Waals surface area contributed by atoms with Crippen LogP contribution in [-0.2, 0) is 12.3 Å². The smallest absolute Gasteiger partial charge is 0.262 e. The molecule has 0 unspecified atom stereocenters. The Bertz CT molecular complexity index is 1280. The molecule has 0 fully saturated rings. The van der Waals surface area contributed by atoms with Crippen molar-refractivity contribution in [3.63, 3.8) is 0 Å². The molecule has 0 aliphatic heterocycles. The van der Waals surface area contributed by atoms with Crippen molar-refractivity contribution in [2.45, 2.75) is 17.5 Å². The first kappa shape index (κ1) is 21.0. The Balaban J connectivity index is 1.79. The molecule has 0 aliphatic rings. The minimum Gasteiger partial charge on any atom is -0.496 e. The van der Waals surface area contributed by atoms with E-state index in [0.29, 0.717) is 33.4 Å². The van der Waals surface area contributed by atoms with E-state index in [-0.39, 0.29) is 5.56 Å². The second-order valence-electron chi connectivity index (χ2n) is 6.68. The molecule has 0 spiro atoms. The van der Waals surface area contributed by atoms with E-state index in [1.165, 1.54) is 11.8 Å². The summed E-state index contributed by atoms with van der Waals surface area (Å²) in [6, 6.07) is 21.0. The van der Waals surface area contributed by atoms with Crippen LogP contribution in [-0.4, -0.2) is 16.7 Å². The number of aromatic nitrogens is 2. The lowest BCUT2D eigenvalue weighted by Crippen LogP contribution is -2.24. The Morgan fingerprint density at radius 3 is 2.73 bits per heavy atom. The zero-order valence-corrected chi connectivity index (χ0v) is 19.3. The molecular formula is C23H18BrClN2O2S. The average molecular weight is 502 g/mol. The first-order chi connectivity index (χ1) is 14.5. The Morgan fingerprint density at radius 2 is 1.93 bits per heavy atom. The van der Waals surface area contributed by atoms with Gasteiger partial charge in [-0.2, -0.15) is 0 Å². The molecule has 1 heterocycles. The van der Waals surface area contributed by atoms with Crippen LogP contribution in [0.15, 0.2) is 81.2 Å². The van der Waals surface area contributed by atoms with E-state index in [0.717, 1.165) is 21.3 Å². The van der Waals surface area contributed by atoms with E-state index >= 15 is 0 Å². The molecule has 0 radical (unpaired) electrons.